The molecule has 1 aliphatic rings. The van der Waals surface area contributed by atoms with E-state index in [1.165, 1.54) is 15.8 Å². The van der Waals surface area contributed by atoms with Gasteiger partial charge in [0.15, 0.2) is 0 Å². The number of nitrogens with zero attached hydrogens (tertiary/aromatic N) is 2. The molecule has 19 heavy (non-hydrogen) atoms. The molecule has 0 spiro atoms. The Labute approximate surface area is 129 Å². The number of hydrogen-bond donors (Lipinski definition) is 0. The van der Waals surface area contributed by atoms with Gasteiger partial charge >= 0.3 is 5.16 Å². The molecule has 0 amide bonds. The van der Waals surface area contributed by atoms with Crippen molar-refractivity contribution in [1.29, 1.82) is 0 Å². The summed E-state index contributed by atoms with van der Waals surface area (Å²) in [7, 11) is 0. The van der Waals surface area contributed by atoms with Crippen LogP contribution in [0, 0.1) is 13.8 Å². The van der Waals surface area contributed by atoms with Crippen molar-refractivity contribution >= 4 is 49.2 Å². The van der Waals surface area contributed by atoms with E-state index in [1.54, 1.807) is 23.1 Å². The second-order valence-corrected chi connectivity index (χ2v) is 7.68. The van der Waals surface area contributed by atoms with Crippen LogP contribution in [0.3, 0.4) is 0 Å². The van der Waals surface area contributed by atoms with E-state index in [0.717, 1.165) is 33.5 Å². The predicted octanol–water partition coefficient (Wildman–Crippen LogP) is 3.47. The summed E-state index contributed by atoms with van der Waals surface area (Å²) < 4.78 is 8.36. The van der Waals surface area contributed by atoms with Crippen LogP contribution in [0.1, 0.15) is 17.4 Å². The number of thiophene rings is 1. The van der Waals surface area contributed by atoms with Crippen LogP contribution in [-0.2, 0) is 6.54 Å². The summed E-state index contributed by atoms with van der Waals surface area (Å²) in [5.41, 5.74) is 1.31. The van der Waals surface area contributed by atoms with Crippen LogP contribution in [0.2, 0.25) is 0 Å². The third-order valence-electron chi connectivity index (χ3n) is 3.36. The molecule has 2 aromatic rings. The van der Waals surface area contributed by atoms with Gasteiger partial charge in [0, 0.05) is 16.0 Å². The highest BCUT2D eigenvalue weighted by atomic mass is 79.9. The summed E-state index contributed by atoms with van der Waals surface area (Å²) in [4.78, 5) is 7.27. The predicted molar refractivity (Wildman–Crippen MR) is 83.9 cm³/mol. The first kappa shape index (κ1) is 13.6. The summed E-state index contributed by atoms with van der Waals surface area (Å²) in [6, 6.07) is 0. The minimum Gasteiger partial charge on any atom is -0.453 e. The van der Waals surface area contributed by atoms with Crippen molar-refractivity contribution in [1.82, 2.24) is 4.98 Å². The van der Waals surface area contributed by atoms with Crippen LogP contribution < -0.4 is 9.30 Å². The number of ether oxygens (including phenoxy) is 1. The average molecular weight is 360 g/mol. The zero-order valence-corrected chi connectivity index (χ0v) is 14.4. The van der Waals surface area contributed by atoms with Gasteiger partial charge in [0.05, 0.1) is 0 Å². The molecule has 1 atom stereocenters. The van der Waals surface area contributed by atoms with E-state index in [-0.39, 0.29) is 6.10 Å². The number of rotatable bonds is 3. The molecule has 3 heterocycles. The lowest BCUT2D eigenvalue weighted by Gasteiger charge is -2.01. The number of hydrogen-bond acceptors (Lipinski definition) is 4. The first-order valence-corrected chi connectivity index (χ1v) is 9.27. The van der Waals surface area contributed by atoms with Crippen LogP contribution in [-0.4, -0.2) is 22.2 Å². The van der Waals surface area contributed by atoms with Crippen molar-refractivity contribution in [2.24, 2.45) is 0 Å². The molecule has 0 N–H and O–H groups in total. The van der Waals surface area contributed by atoms with Gasteiger partial charge in [-0.25, -0.2) is 0 Å². The summed E-state index contributed by atoms with van der Waals surface area (Å²) in [6.07, 6.45) is 0.211. The maximum atomic E-state index is 6.12. The smallest absolute Gasteiger partial charge is 0.363 e. The summed E-state index contributed by atoms with van der Waals surface area (Å²) >= 11 is 7.07. The average Bonchev–Trinajstić information content (AvgIpc) is 2.92. The lowest BCUT2D eigenvalue weighted by molar-refractivity contribution is -0.721. The van der Waals surface area contributed by atoms with E-state index >= 15 is 0 Å². The monoisotopic (exact) mass is 359 g/mol. The van der Waals surface area contributed by atoms with Crippen molar-refractivity contribution in [2.75, 3.05) is 11.1 Å². The summed E-state index contributed by atoms with van der Waals surface area (Å²) in [5, 5.41) is 3.13. The molecular formula is C13H16BrN2OS2+. The Bertz CT molecular complexity index is 641. The van der Waals surface area contributed by atoms with E-state index in [9.17, 15) is 0 Å². The number of aryl methyl sites for hydroxylation is 2. The molecule has 0 saturated heterocycles. The van der Waals surface area contributed by atoms with Gasteiger partial charge < -0.3 is 4.74 Å². The minimum atomic E-state index is 0.211. The van der Waals surface area contributed by atoms with Gasteiger partial charge in [0.25, 0.3) is 5.88 Å². The Balaban J connectivity index is 2.25. The molecule has 0 bridgehead atoms. The van der Waals surface area contributed by atoms with E-state index in [1.807, 2.05) is 0 Å². The molecular weight excluding hydrogens is 344 g/mol. The van der Waals surface area contributed by atoms with E-state index < -0.39 is 0 Å². The molecule has 0 saturated carbocycles. The highest BCUT2D eigenvalue weighted by Crippen LogP contribution is 2.37. The molecule has 0 radical (unpaired) electrons. The largest absolute Gasteiger partial charge is 0.453 e. The third-order valence-corrected chi connectivity index (χ3v) is 6.05. The molecule has 3 nitrogen and oxygen atoms in total. The van der Waals surface area contributed by atoms with Gasteiger partial charge in [-0.15, -0.1) is 0 Å². The highest BCUT2D eigenvalue weighted by molar-refractivity contribution is 9.09. The summed E-state index contributed by atoms with van der Waals surface area (Å²) in [5.74, 6) is 2.03. The van der Waals surface area contributed by atoms with Gasteiger partial charge in [-0.3, -0.25) is 0 Å². The SMILES string of the molecule is CCSc1nc2sc(C)c(C)c2c2[n+]1CC(CBr)O2. The van der Waals surface area contributed by atoms with Crippen molar-refractivity contribution in [3.63, 3.8) is 0 Å². The molecule has 0 fully saturated rings. The fourth-order valence-corrected chi connectivity index (χ4v) is 4.45. The molecule has 102 valence electrons. The fraction of sp³-hybridized carbons (Fsp3) is 0.538. The Morgan fingerprint density at radius 1 is 1.53 bits per heavy atom. The first-order valence-electron chi connectivity index (χ1n) is 6.34. The standard InChI is InChI=1S/C13H16BrN2OS2/c1-4-18-13-15-11-10(7(2)8(3)19-11)12-16(13)6-9(5-14)17-12/h9H,4-6H2,1-3H3/q+1. The van der Waals surface area contributed by atoms with Crippen LogP contribution in [0.5, 0.6) is 5.88 Å². The maximum absolute atomic E-state index is 6.12. The van der Waals surface area contributed by atoms with Crippen molar-refractivity contribution in [3.05, 3.63) is 10.4 Å². The molecule has 1 unspecified atom stereocenters. The van der Waals surface area contributed by atoms with Gasteiger partial charge in [-0.2, -0.15) is 4.57 Å². The van der Waals surface area contributed by atoms with E-state index in [0.29, 0.717) is 0 Å². The Hall–Kier alpha value is -0.330. The quantitative estimate of drug-likeness (QED) is 0.363. The van der Waals surface area contributed by atoms with E-state index in [4.69, 9.17) is 9.72 Å². The zero-order valence-electron chi connectivity index (χ0n) is 11.2. The molecule has 1 aliphatic heterocycles. The Kier molecular flexibility index (Phi) is 3.75. The van der Waals surface area contributed by atoms with Crippen molar-refractivity contribution in [3.8, 4) is 5.88 Å². The number of aromatic nitrogens is 2. The Morgan fingerprint density at radius 2 is 2.32 bits per heavy atom. The first-order chi connectivity index (χ1) is 9.15. The lowest BCUT2D eigenvalue weighted by atomic mass is 10.2. The number of fused-ring (bicyclic) bond motifs is 3. The van der Waals surface area contributed by atoms with Gasteiger partial charge in [0.2, 0.25) is 4.83 Å². The Morgan fingerprint density at radius 3 is 3.00 bits per heavy atom. The van der Waals surface area contributed by atoms with Crippen LogP contribution >= 0.6 is 39.0 Å². The fourth-order valence-electron chi connectivity index (χ4n) is 2.31. The van der Waals surface area contributed by atoms with Crippen LogP contribution in [0.4, 0.5) is 0 Å². The normalized spacial score (nSPS) is 17.8. The van der Waals surface area contributed by atoms with Crippen molar-refractivity contribution in [2.45, 2.75) is 38.6 Å². The van der Waals surface area contributed by atoms with Gasteiger partial charge in [0.1, 0.15) is 18.0 Å². The number of halogens is 1. The molecule has 6 heteroatoms. The topological polar surface area (TPSA) is 26.0 Å². The molecule has 3 rings (SSSR count). The second kappa shape index (κ2) is 5.22. The van der Waals surface area contributed by atoms with Gasteiger partial charge in [-0.05, 0) is 36.2 Å². The minimum absolute atomic E-state index is 0.211. The van der Waals surface area contributed by atoms with Crippen LogP contribution in [0.15, 0.2) is 5.16 Å². The molecule has 0 aromatic carbocycles. The number of thioether (sulfide) groups is 1. The zero-order chi connectivity index (χ0) is 13.6. The van der Waals surface area contributed by atoms with Gasteiger partial charge in [-0.1, -0.05) is 34.2 Å². The van der Waals surface area contributed by atoms with Crippen LogP contribution in [0.25, 0.3) is 10.2 Å². The summed E-state index contributed by atoms with van der Waals surface area (Å²) in [6.45, 7) is 7.36. The maximum Gasteiger partial charge on any atom is 0.363 e. The molecule has 2 aromatic heterocycles. The lowest BCUT2D eigenvalue weighted by Crippen LogP contribution is -2.36. The third kappa shape index (κ3) is 2.17. The second-order valence-electron chi connectivity index (χ2n) is 4.60. The highest BCUT2D eigenvalue weighted by Gasteiger charge is 2.35. The van der Waals surface area contributed by atoms with Crippen molar-refractivity contribution < 1.29 is 9.30 Å². The van der Waals surface area contributed by atoms with E-state index in [2.05, 4.69) is 41.3 Å². The molecule has 0 aliphatic carbocycles. The number of alkyl halides is 1.